The Morgan fingerprint density at radius 3 is 2.90 bits per heavy atom. The van der Waals surface area contributed by atoms with E-state index in [1.165, 1.54) is 33.3 Å². The van der Waals surface area contributed by atoms with Crippen LogP contribution >= 0.6 is 15.9 Å². The Balaban J connectivity index is 1.90. The molecule has 0 fully saturated rings. The van der Waals surface area contributed by atoms with E-state index in [1.807, 2.05) is 0 Å². The molecule has 1 unspecified atom stereocenters. The topological polar surface area (TPSA) is 27.8 Å². The second-order valence-electron chi connectivity index (χ2n) is 5.76. The van der Waals surface area contributed by atoms with Crippen LogP contribution in [0.1, 0.15) is 28.4 Å². The van der Waals surface area contributed by atoms with Crippen LogP contribution in [0, 0.1) is 6.92 Å². The number of aromatic amines is 1. The highest BCUT2D eigenvalue weighted by Crippen LogP contribution is 2.34. The highest BCUT2D eigenvalue weighted by Gasteiger charge is 2.25. The molecule has 0 amide bonds. The molecule has 1 aliphatic rings. The van der Waals surface area contributed by atoms with Gasteiger partial charge in [-0.25, -0.2) is 0 Å². The molecule has 106 valence electrons. The second kappa shape index (κ2) is 5.00. The molecule has 3 heteroatoms. The number of aryl methyl sites for hydroxylation is 1. The lowest BCUT2D eigenvalue weighted by atomic mass is 9.94. The first-order chi connectivity index (χ1) is 10.2. The number of hydrogen-bond donors (Lipinski definition) is 2. The van der Waals surface area contributed by atoms with Gasteiger partial charge in [-0.1, -0.05) is 39.7 Å². The van der Waals surface area contributed by atoms with Crippen LogP contribution in [0.5, 0.6) is 0 Å². The van der Waals surface area contributed by atoms with Crippen LogP contribution in [0.2, 0.25) is 0 Å². The third-order valence-corrected chi connectivity index (χ3v) is 4.78. The summed E-state index contributed by atoms with van der Waals surface area (Å²) >= 11 is 3.57. The summed E-state index contributed by atoms with van der Waals surface area (Å²) in [6.07, 6.45) is 1.09. The first kappa shape index (κ1) is 13.1. The lowest BCUT2D eigenvalue weighted by Gasteiger charge is -2.25. The molecule has 2 heterocycles. The van der Waals surface area contributed by atoms with E-state index in [2.05, 4.69) is 75.6 Å². The number of hydrogen-bond acceptors (Lipinski definition) is 1. The van der Waals surface area contributed by atoms with E-state index in [-0.39, 0.29) is 6.04 Å². The standard InChI is InChI=1S/C18H17BrN2/c1-11-5-6-16-15(9-11)14-7-8-20-17(18(14)21-16)12-3-2-4-13(19)10-12/h2-6,9-10,17,20-21H,7-8H2,1H3. The predicted octanol–water partition coefficient (Wildman–Crippen LogP) is 4.47. The lowest BCUT2D eigenvalue weighted by molar-refractivity contribution is 0.560. The van der Waals surface area contributed by atoms with Gasteiger partial charge in [0.15, 0.2) is 0 Å². The van der Waals surface area contributed by atoms with Crippen molar-refractivity contribution in [2.24, 2.45) is 0 Å². The minimum Gasteiger partial charge on any atom is -0.357 e. The SMILES string of the molecule is Cc1ccc2[nH]c3c(c2c1)CCNC3c1cccc(Br)c1. The van der Waals surface area contributed by atoms with E-state index in [4.69, 9.17) is 0 Å². The first-order valence-corrected chi connectivity index (χ1v) is 8.11. The van der Waals surface area contributed by atoms with E-state index in [0.29, 0.717) is 0 Å². The molecule has 2 N–H and O–H groups in total. The zero-order chi connectivity index (χ0) is 14.4. The number of H-pyrrole nitrogens is 1. The van der Waals surface area contributed by atoms with Gasteiger partial charge in [-0.15, -0.1) is 0 Å². The van der Waals surface area contributed by atoms with Crippen molar-refractivity contribution in [1.29, 1.82) is 0 Å². The maximum absolute atomic E-state index is 3.64. The van der Waals surface area contributed by atoms with Crippen LogP contribution in [-0.2, 0) is 6.42 Å². The molecule has 0 radical (unpaired) electrons. The average molecular weight is 341 g/mol. The van der Waals surface area contributed by atoms with Crippen molar-refractivity contribution >= 4 is 26.8 Å². The molecule has 0 saturated heterocycles. The molecule has 0 saturated carbocycles. The van der Waals surface area contributed by atoms with Gasteiger partial charge in [-0.2, -0.15) is 0 Å². The molecule has 21 heavy (non-hydrogen) atoms. The van der Waals surface area contributed by atoms with Crippen molar-refractivity contribution in [3.05, 3.63) is 69.3 Å². The molecule has 0 aliphatic carbocycles. The third kappa shape index (κ3) is 2.21. The second-order valence-corrected chi connectivity index (χ2v) is 6.67. The Hall–Kier alpha value is -1.58. The molecular formula is C18H17BrN2. The zero-order valence-corrected chi connectivity index (χ0v) is 13.5. The first-order valence-electron chi connectivity index (χ1n) is 7.32. The van der Waals surface area contributed by atoms with Crippen molar-refractivity contribution in [1.82, 2.24) is 10.3 Å². The van der Waals surface area contributed by atoms with E-state index in [9.17, 15) is 0 Å². The molecule has 3 aromatic rings. The number of fused-ring (bicyclic) bond motifs is 3. The van der Waals surface area contributed by atoms with Crippen molar-refractivity contribution in [3.63, 3.8) is 0 Å². The number of rotatable bonds is 1. The Morgan fingerprint density at radius 1 is 1.14 bits per heavy atom. The minimum atomic E-state index is 0.249. The summed E-state index contributed by atoms with van der Waals surface area (Å²) < 4.78 is 1.13. The fourth-order valence-corrected chi connectivity index (χ4v) is 3.73. The summed E-state index contributed by atoms with van der Waals surface area (Å²) in [5.41, 5.74) is 6.65. The fraction of sp³-hybridized carbons (Fsp3) is 0.222. The van der Waals surface area contributed by atoms with Crippen LogP contribution < -0.4 is 5.32 Å². The van der Waals surface area contributed by atoms with Gasteiger partial charge in [-0.3, -0.25) is 0 Å². The molecule has 1 aliphatic heterocycles. The summed E-state index contributed by atoms with van der Waals surface area (Å²) in [5.74, 6) is 0. The summed E-state index contributed by atoms with van der Waals surface area (Å²) in [5, 5.41) is 5.02. The monoisotopic (exact) mass is 340 g/mol. The molecule has 0 spiro atoms. The summed E-state index contributed by atoms with van der Waals surface area (Å²) in [6.45, 7) is 3.18. The van der Waals surface area contributed by atoms with E-state index >= 15 is 0 Å². The normalized spacial score (nSPS) is 17.9. The van der Waals surface area contributed by atoms with Gasteiger partial charge in [0.25, 0.3) is 0 Å². The summed E-state index contributed by atoms with van der Waals surface area (Å²) in [4.78, 5) is 3.63. The van der Waals surface area contributed by atoms with Crippen molar-refractivity contribution < 1.29 is 0 Å². The average Bonchev–Trinajstić information content (AvgIpc) is 2.85. The molecular weight excluding hydrogens is 324 g/mol. The lowest BCUT2D eigenvalue weighted by Crippen LogP contribution is -2.30. The maximum Gasteiger partial charge on any atom is 0.0732 e. The largest absolute Gasteiger partial charge is 0.357 e. The van der Waals surface area contributed by atoms with Crippen molar-refractivity contribution in [2.75, 3.05) is 6.54 Å². The van der Waals surface area contributed by atoms with Gasteiger partial charge >= 0.3 is 0 Å². The highest BCUT2D eigenvalue weighted by molar-refractivity contribution is 9.10. The van der Waals surface area contributed by atoms with Crippen LogP contribution in [0.4, 0.5) is 0 Å². The fourth-order valence-electron chi connectivity index (χ4n) is 3.31. The van der Waals surface area contributed by atoms with Crippen LogP contribution in [-0.4, -0.2) is 11.5 Å². The van der Waals surface area contributed by atoms with E-state index in [0.717, 1.165) is 17.4 Å². The zero-order valence-electron chi connectivity index (χ0n) is 11.9. The van der Waals surface area contributed by atoms with Gasteiger partial charge in [0.05, 0.1) is 6.04 Å². The maximum atomic E-state index is 3.64. The predicted molar refractivity (Wildman–Crippen MR) is 90.7 cm³/mol. The Bertz CT molecular complexity index is 819. The molecule has 1 aromatic heterocycles. The Morgan fingerprint density at radius 2 is 2.05 bits per heavy atom. The Labute approximate surface area is 132 Å². The number of benzene rings is 2. The van der Waals surface area contributed by atoms with Crippen LogP contribution in [0.15, 0.2) is 46.9 Å². The molecule has 2 aromatic carbocycles. The van der Waals surface area contributed by atoms with Crippen molar-refractivity contribution in [3.8, 4) is 0 Å². The number of nitrogens with one attached hydrogen (secondary N) is 2. The van der Waals surface area contributed by atoms with E-state index in [1.54, 1.807) is 0 Å². The number of halogens is 1. The molecule has 1 atom stereocenters. The highest BCUT2D eigenvalue weighted by atomic mass is 79.9. The number of aromatic nitrogens is 1. The summed E-state index contributed by atoms with van der Waals surface area (Å²) in [7, 11) is 0. The molecule has 4 rings (SSSR count). The van der Waals surface area contributed by atoms with Crippen LogP contribution in [0.25, 0.3) is 10.9 Å². The van der Waals surface area contributed by atoms with Gasteiger partial charge in [-0.05, 0) is 48.7 Å². The minimum absolute atomic E-state index is 0.249. The smallest absolute Gasteiger partial charge is 0.0732 e. The third-order valence-electron chi connectivity index (χ3n) is 4.29. The van der Waals surface area contributed by atoms with Gasteiger partial charge in [0.2, 0.25) is 0 Å². The van der Waals surface area contributed by atoms with Gasteiger partial charge < -0.3 is 10.3 Å². The molecule has 2 nitrogen and oxygen atoms in total. The quantitative estimate of drug-likeness (QED) is 0.671. The van der Waals surface area contributed by atoms with Crippen molar-refractivity contribution in [2.45, 2.75) is 19.4 Å². The van der Waals surface area contributed by atoms with Crippen LogP contribution in [0.3, 0.4) is 0 Å². The van der Waals surface area contributed by atoms with Gasteiger partial charge in [0.1, 0.15) is 0 Å². The van der Waals surface area contributed by atoms with Gasteiger partial charge in [0, 0.05) is 27.6 Å². The summed E-state index contributed by atoms with van der Waals surface area (Å²) in [6, 6.07) is 15.5. The molecule has 0 bridgehead atoms. The van der Waals surface area contributed by atoms with E-state index < -0.39 is 0 Å². The Kier molecular flexibility index (Phi) is 3.12.